The zero-order valence-electron chi connectivity index (χ0n) is 15.0. The Hall–Kier alpha value is -3.13. The van der Waals surface area contributed by atoms with Gasteiger partial charge in [0.05, 0.1) is 25.7 Å². The van der Waals surface area contributed by atoms with Gasteiger partial charge in [-0.05, 0) is 25.5 Å². The van der Waals surface area contributed by atoms with Crippen molar-refractivity contribution >= 4 is 28.6 Å². The highest BCUT2D eigenvalue weighted by Crippen LogP contribution is 2.42. The van der Waals surface area contributed by atoms with Crippen LogP contribution in [0.5, 0.6) is 5.75 Å². The van der Waals surface area contributed by atoms with Crippen molar-refractivity contribution in [1.29, 1.82) is 0 Å². The summed E-state index contributed by atoms with van der Waals surface area (Å²) in [7, 11) is 1.65. The monoisotopic (exact) mass is 383 g/mol. The number of imidazole rings is 1. The molecule has 3 heterocycles. The van der Waals surface area contributed by atoms with E-state index >= 15 is 0 Å². The lowest BCUT2D eigenvalue weighted by molar-refractivity contribution is 0.409. The maximum atomic E-state index is 6.53. The van der Waals surface area contributed by atoms with E-state index in [1.807, 2.05) is 26.1 Å². The molecule has 138 valence electrons. The largest absolute Gasteiger partial charge is 0.496 e. The second-order valence-electron chi connectivity index (χ2n) is 6.16. The summed E-state index contributed by atoms with van der Waals surface area (Å²) in [5.41, 5.74) is 5.02. The number of anilines is 1. The molecule has 1 atom stereocenters. The number of ether oxygens (including phenoxy) is 1. The predicted molar refractivity (Wildman–Crippen MR) is 104 cm³/mol. The third-order valence-corrected chi connectivity index (χ3v) is 4.93. The minimum absolute atomic E-state index is 0.140. The summed E-state index contributed by atoms with van der Waals surface area (Å²) in [6.45, 7) is 3.98. The van der Waals surface area contributed by atoms with Gasteiger partial charge in [0.15, 0.2) is 11.5 Å². The summed E-state index contributed by atoms with van der Waals surface area (Å²) in [5.74, 6) is 1.38. The Bertz CT molecular complexity index is 1090. The number of hydrogen-bond donors (Lipinski definition) is 3. The van der Waals surface area contributed by atoms with Crippen LogP contribution in [0.3, 0.4) is 0 Å². The van der Waals surface area contributed by atoms with E-state index in [4.69, 9.17) is 16.3 Å². The minimum Gasteiger partial charge on any atom is -0.496 e. The van der Waals surface area contributed by atoms with Gasteiger partial charge in [0.1, 0.15) is 17.6 Å². The van der Waals surface area contributed by atoms with Crippen LogP contribution in [-0.4, -0.2) is 37.2 Å². The molecule has 9 heteroatoms. The predicted octanol–water partition coefficient (Wildman–Crippen LogP) is 3.89. The Morgan fingerprint density at radius 2 is 2.11 bits per heavy atom. The van der Waals surface area contributed by atoms with E-state index in [2.05, 4.69) is 35.5 Å². The van der Waals surface area contributed by atoms with Gasteiger partial charge in [0.2, 0.25) is 0 Å². The third-order valence-electron chi connectivity index (χ3n) is 4.53. The molecule has 0 aliphatic carbocycles. The van der Waals surface area contributed by atoms with Crippen molar-refractivity contribution in [2.45, 2.75) is 19.9 Å². The Balaban J connectivity index is 1.80. The second-order valence-corrected chi connectivity index (χ2v) is 6.56. The fourth-order valence-corrected chi connectivity index (χ4v) is 3.39. The van der Waals surface area contributed by atoms with E-state index < -0.39 is 0 Å². The lowest BCUT2D eigenvalue weighted by atomic mass is 9.95. The molecule has 0 saturated heterocycles. The molecule has 4 aromatic rings. The standard InChI is InChI=1S/C18H18ClN7O/c1-9-13(19)4-12(16(27-3)14(9)11-5-24-25-6-11)10(2)26-18-15-17(21-7-20-15)22-8-23-18/h4-8,10H,1-3H3,(H,24,25)(H2,20,21,22,23,26). The number of fused-ring (bicyclic) bond motifs is 1. The third kappa shape index (κ3) is 2.97. The number of methoxy groups -OCH3 is 1. The van der Waals surface area contributed by atoms with Gasteiger partial charge in [0.25, 0.3) is 0 Å². The van der Waals surface area contributed by atoms with Crippen molar-refractivity contribution < 1.29 is 4.74 Å². The molecule has 0 saturated carbocycles. The zero-order valence-corrected chi connectivity index (χ0v) is 15.8. The van der Waals surface area contributed by atoms with Crippen molar-refractivity contribution in [3.8, 4) is 16.9 Å². The highest BCUT2D eigenvalue weighted by atomic mass is 35.5. The maximum Gasteiger partial charge on any atom is 0.162 e. The van der Waals surface area contributed by atoms with Crippen molar-refractivity contribution in [1.82, 2.24) is 30.1 Å². The molecule has 27 heavy (non-hydrogen) atoms. The first-order chi connectivity index (χ1) is 13.1. The van der Waals surface area contributed by atoms with E-state index in [0.29, 0.717) is 22.0 Å². The summed E-state index contributed by atoms with van der Waals surface area (Å²) in [6, 6.07) is 1.78. The van der Waals surface area contributed by atoms with Crippen LogP contribution in [-0.2, 0) is 0 Å². The first-order valence-electron chi connectivity index (χ1n) is 8.37. The van der Waals surface area contributed by atoms with Gasteiger partial charge in [-0.1, -0.05) is 11.6 Å². The quantitative estimate of drug-likeness (QED) is 0.483. The fraction of sp³-hybridized carbons (Fsp3) is 0.222. The summed E-state index contributed by atoms with van der Waals surface area (Å²) in [5, 5.41) is 10.9. The number of aromatic amines is 2. The average Bonchev–Trinajstić information content (AvgIpc) is 3.35. The molecule has 0 spiro atoms. The SMILES string of the molecule is COc1c(C(C)Nc2ncnc3[nH]cnc23)cc(Cl)c(C)c1-c1cn[nH]c1. The highest BCUT2D eigenvalue weighted by Gasteiger charge is 2.22. The number of benzene rings is 1. The molecular weight excluding hydrogens is 366 g/mol. The van der Waals surface area contributed by atoms with Gasteiger partial charge in [-0.3, -0.25) is 5.10 Å². The molecule has 0 bridgehead atoms. The van der Waals surface area contributed by atoms with Crippen molar-refractivity contribution in [3.63, 3.8) is 0 Å². The number of nitrogens with zero attached hydrogens (tertiary/aromatic N) is 4. The Labute approximate surface area is 160 Å². The van der Waals surface area contributed by atoms with E-state index in [0.717, 1.165) is 28.0 Å². The number of halogens is 1. The van der Waals surface area contributed by atoms with Crippen LogP contribution >= 0.6 is 11.6 Å². The van der Waals surface area contributed by atoms with Gasteiger partial charge in [-0.25, -0.2) is 15.0 Å². The molecular formula is C18H18ClN7O. The number of hydrogen-bond acceptors (Lipinski definition) is 6. The fourth-order valence-electron chi connectivity index (χ4n) is 3.17. The number of rotatable bonds is 5. The molecule has 3 N–H and O–H groups in total. The topological polar surface area (TPSA) is 104 Å². The Kier molecular flexibility index (Phi) is 4.41. The second kappa shape index (κ2) is 6.88. The normalized spacial score (nSPS) is 12.3. The lowest BCUT2D eigenvalue weighted by Crippen LogP contribution is -2.11. The van der Waals surface area contributed by atoms with Crippen LogP contribution < -0.4 is 10.1 Å². The minimum atomic E-state index is -0.140. The summed E-state index contributed by atoms with van der Waals surface area (Å²) >= 11 is 6.53. The number of H-pyrrole nitrogens is 2. The van der Waals surface area contributed by atoms with E-state index in [1.165, 1.54) is 6.33 Å². The van der Waals surface area contributed by atoms with Crippen molar-refractivity contribution in [2.75, 3.05) is 12.4 Å². The van der Waals surface area contributed by atoms with Crippen LogP contribution in [0.4, 0.5) is 5.82 Å². The molecule has 1 unspecified atom stereocenters. The molecule has 3 aromatic heterocycles. The van der Waals surface area contributed by atoms with Crippen molar-refractivity contribution in [2.24, 2.45) is 0 Å². The van der Waals surface area contributed by atoms with Crippen LogP contribution in [0, 0.1) is 6.92 Å². The molecule has 8 nitrogen and oxygen atoms in total. The first kappa shape index (κ1) is 17.3. The number of nitrogens with one attached hydrogen (secondary N) is 3. The van der Waals surface area contributed by atoms with Gasteiger partial charge in [-0.15, -0.1) is 0 Å². The Morgan fingerprint density at radius 1 is 1.26 bits per heavy atom. The summed E-state index contributed by atoms with van der Waals surface area (Å²) < 4.78 is 5.77. The summed E-state index contributed by atoms with van der Waals surface area (Å²) in [4.78, 5) is 15.7. The lowest BCUT2D eigenvalue weighted by Gasteiger charge is -2.22. The molecule has 4 rings (SSSR count). The van der Waals surface area contributed by atoms with Gasteiger partial charge in [-0.2, -0.15) is 5.10 Å². The van der Waals surface area contributed by atoms with Gasteiger partial charge >= 0.3 is 0 Å². The summed E-state index contributed by atoms with van der Waals surface area (Å²) in [6.07, 6.45) is 6.66. The first-order valence-corrected chi connectivity index (χ1v) is 8.74. The van der Waals surface area contributed by atoms with Crippen LogP contribution in [0.25, 0.3) is 22.3 Å². The highest BCUT2D eigenvalue weighted by molar-refractivity contribution is 6.32. The smallest absolute Gasteiger partial charge is 0.162 e. The number of aromatic nitrogens is 6. The molecule has 0 radical (unpaired) electrons. The van der Waals surface area contributed by atoms with E-state index in [1.54, 1.807) is 19.6 Å². The Morgan fingerprint density at radius 3 is 2.85 bits per heavy atom. The molecule has 0 fully saturated rings. The van der Waals surface area contributed by atoms with Gasteiger partial charge < -0.3 is 15.0 Å². The average molecular weight is 384 g/mol. The van der Waals surface area contributed by atoms with Crippen molar-refractivity contribution in [3.05, 3.63) is 47.3 Å². The molecule has 0 aliphatic rings. The van der Waals surface area contributed by atoms with E-state index in [-0.39, 0.29) is 6.04 Å². The van der Waals surface area contributed by atoms with Crippen LogP contribution in [0.15, 0.2) is 31.1 Å². The van der Waals surface area contributed by atoms with Gasteiger partial charge in [0, 0.05) is 27.9 Å². The van der Waals surface area contributed by atoms with Crippen LogP contribution in [0.1, 0.15) is 24.1 Å². The molecule has 1 aromatic carbocycles. The molecule has 0 aliphatic heterocycles. The zero-order chi connectivity index (χ0) is 19.0. The van der Waals surface area contributed by atoms with E-state index in [9.17, 15) is 0 Å². The van der Waals surface area contributed by atoms with Crippen LogP contribution in [0.2, 0.25) is 5.02 Å². The molecule has 0 amide bonds. The maximum absolute atomic E-state index is 6.53.